The van der Waals surface area contributed by atoms with Gasteiger partial charge in [0.05, 0.1) is 4.75 Å². The zero-order valence-electron chi connectivity index (χ0n) is 21.7. The number of rotatable bonds is 12. The van der Waals surface area contributed by atoms with Gasteiger partial charge in [0.15, 0.2) is 0 Å². The third-order valence-electron chi connectivity index (χ3n) is 6.24. The van der Waals surface area contributed by atoms with E-state index in [-0.39, 0.29) is 12.4 Å². The summed E-state index contributed by atoms with van der Waals surface area (Å²) in [6.45, 7) is -0.535. The fourth-order valence-electron chi connectivity index (χ4n) is 4.35. The first-order valence-corrected chi connectivity index (χ1v) is 13.7. The molecule has 0 saturated heterocycles. The molecule has 0 aliphatic heterocycles. The largest absolute Gasteiger partial charge is 0.480 e. The van der Waals surface area contributed by atoms with Crippen molar-refractivity contribution in [3.63, 3.8) is 0 Å². The molecule has 204 valence electrons. The predicted octanol–water partition coefficient (Wildman–Crippen LogP) is 5.21. The van der Waals surface area contributed by atoms with Gasteiger partial charge in [0.1, 0.15) is 19.2 Å². The average Bonchev–Trinajstić information content (AvgIpc) is 3.00. The van der Waals surface area contributed by atoms with Crippen LogP contribution in [-0.2, 0) is 25.7 Å². The number of carbonyl (C=O) groups is 3. The Morgan fingerprint density at radius 1 is 0.725 bits per heavy atom. The number of nitrogens with one attached hydrogen (secondary N) is 2. The standard InChI is InChI=1S/C32H30N2O5S/c35-29(36)21-33-30(37)28(34-31(38)39-22-24-13-5-1-6-14-24)23-40-32(25-15-7-2-8-16-25,26-17-9-3-10-18-26)27-19-11-4-12-20-27/h1-20,28H,21-23H2,(H,33,37)(H,34,38)(H,35,36). The molecule has 0 fully saturated rings. The van der Waals surface area contributed by atoms with Crippen LogP contribution in [0.2, 0.25) is 0 Å². The fraction of sp³-hybridized carbons (Fsp3) is 0.156. The Morgan fingerprint density at radius 2 is 1.18 bits per heavy atom. The summed E-state index contributed by atoms with van der Waals surface area (Å²) in [6.07, 6.45) is -0.773. The number of carboxylic acids is 1. The summed E-state index contributed by atoms with van der Waals surface area (Å²) >= 11 is 1.48. The minimum atomic E-state index is -1.18. The molecule has 2 amide bonds. The summed E-state index contributed by atoms with van der Waals surface area (Å²) in [4.78, 5) is 37.0. The molecule has 3 N–H and O–H groups in total. The summed E-state index contributed by atoms with van der Waals surface area (Å²) < 4.78 is 4.63. The van der Waals surface area contributed by atoms with Crippen LogP contribution in [0.5, 0.6) is 0 Å². The van der Waals surface area contributed by atoms with Crippen LogP contribution in [0.25, 0.3) is 0 Å². The van der Waals surface area contributed by atoms with Crippen molar-refractivity contribution < 1.29 is 24.2 Å². The van der Waals surface area contributed by atoms with E-state index in [0.717, 1.165) is 22.3 Å². The van der Waals surface area contributed by atoms with E-state index in [1.54, 1.807) is 0 Å². The van der Waals surface area contributed by atoms with E-state index < -0.39 is 35.3 Å². The maximum Gasteiger partial charge on any atom is 0.408 e. The molecule has 0 aliphatic carbocycles. The van der Waals surface area contributed by atoms with Gasteiger partial charge >= 0.3 is 12.1 Å². The van der Waals surface area contributed by atoms with Crippen molar-refractivity contribution in [3.8, 4) is 0 Å². The first-order valence-electron chi connectivity index (χ1n) is 12.8. The molecular formula is C32H30N2O5S. The molecule has 0 aliphatic rings. The van der Waals surface area contributed by atoms with Crippen LogP contribution in [0.15, 0.2) is 121 Å². The molecule has 4 aromatic carbocycles. The maximum atomic E-state index is 13.1. The predicted molar refractivity (Wildman–Crippen MR) is 156 cm³/mol. The fourth-order valence-corrected chi connectivity index (χ4v) is 5.91. The van der Waals surface area contributed by atoms with Crippen molar-refractivity contribution in [2.24, 2.45) is 0 Å². The second-order valence-corrected chi connectivity index (χ2v) is 10.2. The van der Waals surface area contributed by atoms with Crippen LogP contribution in [0, 0.1) is 0 Å². The normalized spacial score (nSPS) is 11.7. The quantitative estimate of drug-likeness (QED) is 0.208. The number of hydrogen-bond acceptors (Lipinski definition) is 5. The Hall–Kier alpha value is -4.56. The lowest BCUT2D eigenvalue weighted by molar-refractivity contribution is -0.138. The molecule has 0 saturated carbocycles. The lowest BCUT2D eigenvalue weighted by Gasteiger charge is -2.36. The zero-order valence-corrected chi connectivity index (χ0v) is 22.6. The van der Waals surface area contributed by atoms with Gasteiger partial charge in [0, 0.05) is 5.75 Å². The van der Waals surface area contributed by atoms with Crippen LogP contribution in [0.1, 0.15) is 22.3 Å². The highest BCUT2D eigenvalue weighted by Crippen LogP contribution is 2.48. The van der Waals surface area contributed by atoms with Crippen molar-refractivity contribution in [2.75, 3.05) is 12.3 Å². The van der Waals surface area contributed by atoms with Crippen molar-refractivity contribution in [3.05, 3.63) is 144 Å². The SMILES string of the molecule is O=C(O)CNC(=O)C(CSC(c1ccccc1)(c1ccccc1)c1ccccc1)NC(=O)OCc1ccccc1. The van der Waals surface area contributed by atoms with Crippen molar-refractivity contribution >= 4 is 29.7 Å². The number of carboxylic acid groups (broad SMARTS) is 1. The first kappa shape index (κ1) is 28.4. The summed E-state index contributed by atoms with van der Waals surface area (Å²) in [5.41, 5.74) is 3.78. The van der Waals surface area contributed by atoms with Gasteiger partial charge in [-0.3, -0.25) is 9.59 Å². The Morgan fingerprint density at radius 3 is 1.62 bits per heavy atom. The van der Waals surface area contributed by atoms with Crippen LogP contribution in [-0.4, -0.2) is 41.4 Å². The summed E-state index contributed by atoms with van der Waals surface area (Å²) in [7, 11) is 0. The molecule has 40 heavy (non-hydrogen) atoms. The van der Waals surface area contributed by atoms with Crippen LogP contribution < -0.4 is 10.6 Å². The molecule has 0 radical (unpaired) electrons. The molecule has 4 rings (SSSR count). The summed E-state index contributed by atoms with van der Waals surface area (Å²) in [5, 5.41) is 14.2. The molecule has 0 bridgehead atoms. The molecule has 7 nitrogen and oxygen atoms in total. The Kier molecular flexibility index (Phi) is 9.96. The number of alkyl carbamates (subject to hydrolysis) is 1. The maximum absolute atomic E-state index is 13.1. The lowest BCUT2D eigenvalue weighted by Crippen LogP contribution is -2.50. The smallest absolute Gasteiger partial charge is 0.408 e. The van der Waals surface area contributed by atoms with Crippen LogP contribution >= 0.6 is 11.8 Å². The third-order valence-corrected chi connectivity index (χ3v) is 7.88. The van der Waals surface area contributed by atoms with Gasteiger partial charge < -0.3 is 20.5 Å². The van der Waals surface area contributed by atoms with E-state index in [2.05, 4.69) is 10.6 Å². The van der Waals surface area contributed by atoms with Gasteiger partial charge in [-0.1, -0.05) is 121 Å². The van der Waals surface area contributed by atoms with E-state index in [1.165, 1.54) is 11.8 Å². The average molecular weight is 555 g/mol. The van der Waals surface area contributed by atoms with E-state index in [9.17, 15) is 14.4 Å². The second-order valence-electron chi connectivity index (χ2n) is 8.96. The number of amides is 2. The molecule has 4 aromatic rings. The van der Waals surface area contributed by atoms with E-state index >= 15 is 0 Å². The Bertz CT molecular complexity index is 1290. The summed E-state index contributed by atoms with van der Waals surface area (Å²) in [5.74, 6) is -1.67. The Labute approximate surface area is 237 Å². The van der Waals surface area contributed by atoms with Gasteiger partial charge in [0.25, 0.3) is 0 Å². The molecule has 1 unspecified atom stereocenters. The molecule has 0 heterocycles. The highest BCUT2D eigenvalue weighted by molar-refractivity contribution is 8.00. The van der Waals surface area contributed by atoms with Gasteiger partial charge in [-0.2, -0.15) is 0 Å². The number of ether oxygens (including phenoxy) is 1. The number of carbonyl (C=O) groups excluding carboxylic acids is 2. The third kappa shape index (κ3) is 7.30. The number of aliphatic carboxylic acids is 1. The second kappa shape index (κ2) is 14.0. The van der Waals surface area contributed by atoms with Crippen molar-refractivity contribution in [2.45, 2.75) is 17.4 Å². The van der Waals surface area contributed by atoms with Gasteiger partial charge in [-0.15, -0.1) is 11.8 Å². The van der Waals surface area contributed by atoms with Gasteiger partial charge in [-0.05, 0) is 22.3 Å². The van der Waals surface area contributed by atoms with Crippen LogP contribution in [0.4, 0.5) is 4.79 Å². The topological polar surface area (TPSA) is 105 Å². The highest BCUT2D eigenvalue weighted by atomic mass is 32.2. The zero-order chi connectivity index (χ0) is 28.2. The number of thioether (sulfide) groups is 1. The minimum Gasteiger partial charge on any atom is -0.480 e. The van der Waals surface area contributed by atoms with Crippen LogP contribution in [0.3, 0.4) is 0 Å². The molecule has 8 heteroatoms. The number of benzene rings is 4. The molecule has 0 aromatic heterocycles. The monoisotopic (exact) mass is 554 g/mol. The van der Waals surface area contributed by atoms with Crippen molar-refractivity contribution in [1.29, 1.82) is 0 Å². The minimum absolute atomic E-state index is 0.0330. The van der Waals surface area contributed by atoms with E-state index in [4.69, 9.17) is 9.84 Å². The Balaban J connectivity index is 1.65. The highest BCUT2D eigenvalue weighted by Gasteiger charge is 2.38. The van der Waals surface area contributed by atoms with Gasteiger partial charge in [-0.25, -0.2) is 4.79 Å². The lowest BCUT2D eigenvalue weighted by atomic mass is 9.84. The van der Waals surface area contributed by atoms with Gasteiger partial charge in [0.2, 0.25) is 5.91 Å². The van der Waals surface area contributed by atoms with Crippen molar-refractivity contribution in [1.82, 2.24) is 10.6 Å². The van der Waals surface area contributed by atoms with E-state index in [1.807, 2.05) is 121 Å². The molecule has 0 spiro atoms. The van der Waals surface area contributed by atoms with E-state index in [0.29, 0.717) is 0 Å². The summed E-state index contributed by atoms with van der Waals surface area (Å²) in [6, 6.07) is 38.0. The molecular weight excluding hydrogens is 524 g/mol. The first-order chi connectivity index (χ1) is 19.5. The molecule has 1 atom stereocenters. The number of hydrogen-bond donors (Lipinski definition) is 3.